The van der Waals surface area contributed by atoms with Crippen LogP contribution >= 0.6 is 0 Å². The Morgan fingerprint density at radius 1 is 1.12 bits per heavy atom. The molecule has 3 unspecified atom stereocenters. The van der Waals surface area contributed by atoms with Crippen molar-refractivity contribution < 1.29 is 14.3 Å². The van der Waals surface area contributed by atoms with E-state index in [4.69, 9.17) is 9.47 Å². The van der Waals surface area contributed by atoms with Crippen LogP contribution in [0.3, 0.4) is 0 Å². The number of carbonyl (C=O) groups is 1. The van der Waals surface area contributed by atoms with Crippen LogP contribution in [0, 0.1) is 5.92 Å². The minimum absolute atomic E-state index is 0.0926. The molecule has 26 heavy (non-hydrogen) atoms. The molecule has 3 rings (SSSR count). The zero-order valence-electron chi connectivity index (χ0n) is 15.7. The van der Waals surface area contributed by atoms with Gasteiger partial charge in [-0.15, -0.1) is 0 Å². The third-order valence-electron chi connectivity index (χ3n) is 5.43. The van der Waals surface area contributed by atoms with E-state index in [-0.39, 0.29) is 6.03 Å². The Kier molecular flexibility index (Phi) is 7.29. The number of ether oxygens (including phenoxy) is 2. The summed E-state index contributed by atoms with van der Waals surface area (Å²) in [7, 11) is 0. The molecular formula is C20H31N3O3. The van der Waals surface area contributed by atoms with Crippen molar-refractivity contribution in [2.45, 2.75) is 25.3 Å². The first-order valence-corrected chi connectivity index (χ1v) is 9.70. The van der Waals surface area contributed by atoms with Crippen LogP contribution in [0.4, 0.5) is 4.79 Å². The van der Waals surface area contributed by atoms with Crippen LogP contribution in [0.25, 0.3) is 0 Å². The van der Waals surface area contributed by atoms with E-state index in [1.54, 1.807) is 0 Å². The number of urea groups is 1. The van der Waals surface area contributed by atoms with E-state index in [2.05, 4.69) is 34.6 Å². The highest BCUT2D eigenvalue weighted by Gasteiger charge is 2.31. The van der Waals surface area contributed by atoms with Crippen LogP contribution in [-0.2, 0) is 9.47 Å². The molecule has 1 aromatic rings. The van der Waals surface area contributed by atoms with Crippen molar-refractivity contribution in [2.75, 3.05) is 52.6 Å². The van der Waals surface area contributed by atoms with Crippen molar-refractivity contribution in [1.82, 2.24) is 15.5 Å². The van der Waals surface area contributed by atoms with E-state index in [0.717, 1.165) is 45.9 Å². The number of nitrogens with zero attached hydrogens (tertiary/aromatic N) is 1. The number of rotatable bonds is 7. The average molecular weight is 361 g/mol. The van der Waals surface area contributed by atoms with Gasteiger partial charge in [0, 0.05) is 44.7 Å². The lowest BCUT2D eigenvalue weighted by atomic mass is 9.97. The quantitative estimate of drug-likeness (QED) is 0.778. The SMILES string of the molecule is CC(CNC(=O)NCC(C1CCOC1)N1CCOCC1)c1ccccc1. The molecule has 2 aliphatic rings. The summed E-state index contributed by atoms with van der Waals surface area (Å²) in [5.74, 6) is 0.775. The summed E-state index contributed by atoms with van der Waals surface area (Å²) in [4.78, 5) is 14.7. The van der Waals surface area contributed by atoms with E-state index in [9.17, 15) is 4.79 Å². The lowest BCUT2D eigenvalue weighted by Gasteiger charge is -2.37. The van der Waals surface area contributed by atoms with Gasteiger partial charge in [-0.05, 0) is 17.9 Å². The second kappa shape index (κ2) is 9.90. The predicted octanol–water partition coefficient (Wildman–Crippen LogP) is 1.83. The third-order valence-corrected chi connectivity index (χ3v) is 5.43. The largest absolute Gasteiger partial charge is 0.381 e. The highest BCUT2D eigenvalue weighted by Crippen LogP contribution is 2.21. The zero-order chi connectivity index (χ0) is 18.2. The van der Waals surface area contributed by atoms with Gasteiger partial charge >= 0.3 is 6.03 Å². The van der Waals surface area contributed by atoms with Gasteiger partial charge in [-0.1, -0.05) is 37.3 Å². The van der Waals surface area contributed by atoms with Gasteiger partial charge in [0.25, 0.3) is 0 Å². The minimum atomic E-state index is -0.0926. The number of carbonyl (C=O) groups excluding carboxylic acids is 1. The standard InChI is InChI=1S/C20H31N3O3/c1-16(17-5-3-2-4-6-17)13-21-20(24)22-14-19(18-7-10-26-15-18)23-8-11-25-12-9-23/h2-6,16,18-19H,7-15H2,1H3,(H2,21,22,24). The molecule has 0 aliphatic carbocycles. The maximum atomic E-state index is 12.3. The van der Waals surface area contributed by atoms with Crippen molar-refractivity contribution in [3.05, 3.63) is 35.9 Å². The maximum Gasteiger partial charge on any atom is 0.314 e. The third kappa shape index (κ3) is 5.43. The molecule has 0 bridgehead atoms. The van der Waals surface area contributed by atoms with Crippen LogP contribution in [0.1, 0.15) is 24.8 Å². The molecule has 0 saturated carbocycles. The van der Waals surface area contributed by atoms with Gasteiger partial charge in [0.1, 0.15) is 0 Å². The van der Waals surface area contributed by atoms with Crippen molar-refractivity contribution in [2.24, 2.45) is 5.92 Å². The summed E-state index contributed by atoms with van der Waals surface area (Å²) in [6, 6.07) is 10.5. The Morgan fingerprint density at radius 2 is 1.85 bits per heavy atom. The number of morpholine rings is 1. The molecule has 1 aromatic carbocycles. The molecule has 2 aliphatic heterocycles. The summed E-state index contributed by atoms with van der Waals surface area (Å²) in [5.41, 5.74) is 1.24. The topological polar surface area (TPSA) is 62.8 Å². The fraction of sp³-hybridized carbons (Fsp3) is 0.650. The van der Waals surface area contributed by atoms with Gasteiger partial charge in [0.15, 0.2) is 0 Å². The molecule has 6 nitrogen and oxygen atoms in total. The Labute approximate surface area is 156 Å². The Hall–Kier alpha value is -1.63. The fourth-order valence-corrected chi connectivity index (χ4v) is 3.76. The summed E-state index contributed by atoms with van der Waals surface area (Å²) in [5, 5.41) is 6.08. The lowest BCUT2D eigenvalue weighted by molar-refractivity contribution is 0.00212. The van der Waals surface area contributed by atoms with Crippen LogP contribution in [0.2, 0.25) is 0 Å². The Bertz CT molecular complexity index is 542. The Morgan fingerprint density at radius 3 is 2.54 bits per heavy atom. The van der Waals surface area contributed by atoms with Gasteiger partial charge in [0.2, 0.25) is 0 Å². The van der Waals surface area contributed by atoms with Crippen LogP contribution in [-0.4, -0.2) is 69.6 Å². The smallest absolute Gasteiger partial charge is 0.314 e. The molecule has 3 atom stereocenters. The molecular weight excluding hydrogens is 330 g/mol. The summed E-state index contributed by atoms with van der Waals surface area (Å²) < 4.78 is 11.0. The molecule has 2 fully saturated rings. The van der Waals surface area contributed by atoms with E-state index < -0.39 is 0 Å². The number of hydrogen-bond acceptors (Lipinski definition) is 4. The van der Waals surface area contributed by atoms with Crippen molar-refractivity contribution >= 4 is 6.03 Å². The van der Waals surface area contributed by atoms with E-state index in [1.807, 2.05) is 18.2 Å². The molecule has 0 radical (unpaired) electrons. The second-order valence-corrected chi connectivity index (χ2v) is 7.24. The van der Waals surface area contributed by atoms with Gasteiger partial charge in [-0.2, -0.15) is 0 Å². The van der Waals surface area contributed by atoms with Gasteiger partial charge in [-0.25, -0.2) is 4.79 Å². The lowest BCUT2D eigenvalue weighted by Crippen LogP contribution is -2.53. The van der Waals surface area contributed by atoms with Crippen molar-refractivity contribution in [3.8, 4) is 0 Å². The summed E-state index contributed by atoms with van der Waals surface area (Å²) >= 11 is 0. The fourth-order valence-electron chi connectivity index (χ4n) is 3.76. The molecule has 0 spiro atoms. The molecule has 0 aromatic heterocycles. The first kappa shape index (κ1) is 19.1. The van der Waals surface area contributed by atoms with E-state index >= 15 is 0 Å². The van der Waals surface area contributed by atoms with Gasteiger partial charge in [0.05, 0.1) is 19.8 Å². The normalized spacial score (nSPS) is 23.3. The van der Waals surface area contributed by atoms with Crippen molar-refractivity contribution in [1.29, 1.82) is 0 Å². The van der Waals surface area contributed by atoms with Crippen molar-refractivity contribution in [3.63, 3.8) is 0 Å². The van der Waals surface area contributed by atoms with Crippen LogP contribution in [0.5, 0.6) is 0 Å². The summed E-state index contributed by atoms with van der Waals surface area (Å²) in [6.45, 7) is 8.41. The number of nitrogens with one attached hydrogen (secondary N) is 2. The number of amides is 2. The minimum Gasteiger partial charge on any atom is -0.381 e. The maximum absolute atomic E-state index is 12.3. The molecule has 2 N–H and O–H groups in total. The molecule has 6 heteroatoms. The first-order valence-electron chi connectivity index (χ1n) is 9.70. The highest BCUT2D eigenvalue weighted by molar-refractivity contribution is 5.73. The number of hydrogen-bond donors (Lipinski definition) is 2. The van der Waals surface area contributed by atoms with Gasteiger partial charge in [-0.3, -0.25) is 4.90 Å². The summed E-state index contributed by atoms with van der Waals surface area (Å²) in [6.07, 6.45) is 1.07. The van der Waals surface area contributed by atoms with Crippen LogP contribution < -0.4 is 10.6 Å². The second-order valence-electron chi connectivity index (χ2n) is 7.24. The predicted molar refractivity (Wildman–Crippen MR) is 101 cm³/mol. The average Bonchev–Trinajstić information content (AvgIpc) is 3.22. The van der Waals surface area contributed by atoms with E-state index in [0.29, 0.717) is 31.0 Å². The first-order chi connectivity index (χ1) is 12.7. The number of benzene rings is 1. The monoisotopic (exact) mass is 361 g/mol. The zero-order valence-corrected chi connectivity index (χ0v) is 15.7. The van der Waals surface area contributed by atoms with Gasteiger partial charge < -0.3 is 20.1 Å². The molecule has 2 heterocycles. The Balaban J connectivity index is 1.46. The molecule has 2 saturated heterocycles. The molecule has 144 valence electrons. The highest BCUT2D eigenvalue weighted by atomic mass is 16.5. The van der Waals surface area contributed by atoms with Crippen LogP contribution in [0.15, 0.2) is 30.3 Å². The molecule has 2 amide bonds. The van der Waals surface area contributed by atoms with E-state index in [1.165, 1.54) is 5.56 Å².